The van der Waals surface area contributed by atoms with Gasteiger partial charge >= 0.3 is 12.1 Å². The van der Waals surface area contributed by atoms with Crippen LogP contribution in [0, 0.1) is 5.21 Å². The first-order valence-corrected chi connectivity index (χ1v) is 9.18. The fourth-order valence-corrected chi connectivity index (χ4v) is 2.74. The minimum atomic E-state index is -1.02. The van der Waals surface area contributed by atoms with Crippen LogP contribution in [0.15, 0.2) is 9.98 Å². The molecule has 1 saturated heterocycles. The highest BCUT2D eigenvalue weighted by molar-refractivity contribution is 5.90. The Morgan fingerprint density at radius 2 is 1.44 bits per heavy atom. The van der Waals surface area contributed by atoms with Gasteiger partial charge in [-0.2, -0.15) is 0 Å². The van der Waals surface area contributed by atoms with Gasteiger partial charge in [0.15, 0.2) is 0 Å². The predicted octanol–water partition coefficient (Wildman–Crippen LogP) is 2.23. The van der Waals surface area contributed by atoms with E-state index < -0.39 is 18.1 Å². The van der Waals surface area contributed by atoms with Gasteiger partial charge in [0.05, 0.1) is 13.1 Å². The number of isocyanates is 2. The van der Waals surface area contributed by atoms with Gasteiger partial charge in [-0.3, -0.25) is 10.2 Å². The summed E-state index contributed by atoms with van der Waals surface area (Å²) in [4.78, 5) is 50.4. The third-order valence-electron chi connectivity index (χ3n) is 4.19. The summed E-state index contributed by atoms with van der Waals surface area (Å²) in [5.41, 5.74) is 0. The first-order valence-electron chi connectivity index (χ1n) is 9.18. The van der Waals surface area contributed by atoms with E-state index in [-0.39, 0.29) is 6.54 Å². The molecule has 1 aliphatic rings. The largest absolute Gasteiger partial charge is 0.766 e. The lowest BCUT2D eigenvalue weighted by Crippen LogP contribution is -2.57. The molecule has 0 aromatic heterocycles. The molecule has 0 N–H and O–H groups in total. The van der Waals surface area contributed by atoms with Crippen molar-refractivity contribution >= 4 is 24.2 Å². The summed E-state index contributed by atoms with van der Waals surface area (Å²) in [5.74, 6) is -0.816. The first kappa shape index (κ1) is 22.7. The van der Waals surface area contributed by atoms with Crippen LogP contribution in [0.3, 0.4) is 0 Å². The number of amides is 1. The van der Waals surface area contributed by atoms with E-state index >= 15 is 0 Å². The molecule has 10 nitrogen and oxygen atoms in total. The SMILES string of the molecule is O=C=NCCCCCCC1C(=O)OC(=O)N(CCCCCCN=C=O)N1[O-]. The van der Waals surface area contributed by atoms with Crippen molar-refractivity contribution in [2.75, 3.05) is 19.6 Å². The van der Waals surface area contributed by atoms with Crippen molar-refractivity contribution in [1.29, 1.82) is 0 Å². The number of rotatable bonds is 14. The van der Waals surface area contributed by atoms with Gasteiger partial charge in [0.1, 0.15) is 6.04 Å². The van der Waals surface area contributed by atoms with Crippen molar-refractivity contribution in [2.45, 2.75) is 63.8 Å². The minimum absolute atomic E-state index is 0.173. The number of carbonyl (C=O) groups is 2. The number of cyclic esters (lactones) is 2. The maximum atomic E-state index is 12.4. The quantitative estimate of drug-likeness (QED) is 0.148. The Kier molecular flexibility index (Phi) is 11.6. The Bertz CT molecular complexity index is 524. The summed E-state index contributed by atoms with van der Waals surface area (Å²) in [5, 5.41) is 13.7. The number of esters is 1. The van der Waals surface area contributed by atoms with Gasteiger partial charge in [-0.15, -0.1) is 0 Å². The number of aliphatic imine (C=N–C) groups is 2. The second kappa shape index (κ2) is 13.8. The van der Waals surface area contributed by atoms with E-state index in [1.165, 1.54) is 12.2 Å². The molecule has 0 aromatic rings. The maximum absolute atomic E-state index is 12.4. The second-order valence-corrected chi connectivity index (χ2v) is 6.19. The van der Waals surface area contributed by atoms with Crippen LogP contribution in [-0.4, -0.2) is 60.1 Å². The summed E-state index contributed by atoms with van der Waals surface area (Å²) < 4.78 is 4.69. The molecule has 0 saturated carbocycles. The van der Waals surface area contributed by atoms with Crippen LogP contribution >= 0.6 is 0 Å². The molecule has 1 fully saturated rings. The van der Waals surface area contributed by atoms with E-state index in [4.69, 9.17) is 4.74 Å². The molecule has 0 aliphatic carbocycles. The number of hydrogen-bond donors (Lipinski definition) is 0. The van der Waals surface area contributed by atoms with Crippen molar-refractivity contribution in [2.24, 2.45) is 9.98 Å². The third kappa shape index (κ3) is 8.70. The molecule has 1 rings (SSSR count). The molecular formula is C17H25N4O6-. The highest BCUT2D eigenvalue weighted by Crippen LogP contribution is 2.20. The van der Waals surface area contributed by atoms with Gasteiger partial charge in [-0.1, -0.05) is 32.1 Å². The van der Waals surface area contributed by atoms with Crippen molar-refractivity contribution in [3.8, 4) is 0 Å². The van der Waals surface area contributed by atoms with E-state index in [0.717, 1.165) is 43.5 Å². The zero-order valence-electron chi connectivity index (χ0n) is 15.3. The lowest BCUT2D eigenvalue weighted by atomic mass is 10.1. The first-order chi connectivity index (χ1) is 13.1. The highest BCUT2D eigenvalue weighted by atomic mass is 16.7. The molecule has 1 atom stereocenters. The van der Waals surface area contributed by atoms with Gasteiger partial charge in [-0.05, 0) is 25.7 Å². The number of carbonyl (C=O) groups excluding carboxylic acids is 4. The lowest BCUT2D eigenvalue weighted by Gasteiger charge is -2.46. The number of hydrogen-bond acceptors (Lipinski definition) is 9. The normalized spacial score (nSPS) is 17.2. The number of hydroxylamine groups is 1. The molecule has 1 aliphatic heterocycles. The molecule has 1 heterocycles. The van der Waals surface area contributed by atoms with Gasteiger partial charge < -0.3 is 9.94 Å². The Labute approximate surface area is 157 Å². The van der Waals surface area contributed by atoms with Gasteiger partial charge in [-0.25, -0.2) is 29.2 Å². The molecule has 0 bridgehead atoms. The molecule has 1 unspecified atom stereocenters. The van der Waals surface area contributed by atoms with Crippen LogP contribution in [-0.2, 0) is 19.1 Å². The molecule has 0 aromatic carbocycles. The van der Waals surface area contributed by atoms with E-state index in [2.05, 4.69) is 9.98 Å². The Morgan fingerprint density at radius 3 is 2.04 bits per heavy atom. The number of hydrazine groups is 1. The maximum Gasteiger partial charge on any atom is 0.431 e. The van der Waals surface area contributed by atoms with Crippen LogP contribution in [0.5, 0.6) is 0 Å². The number of unbranched alkanes of at least 4 members (excludes halogenated alkanes) is 6. The minimum Gasteiger partial charge on any atom is -0.766 e. The smallest absolute Gasteiger partial charge is 0.431 e. The average Bonchev–Trinajstić information content (AvgIpc) is 2.64. The van der Waals surface area contributed by atoms with Gasteiger partial charge in [0.2, 0.25) is 12.2 Å². The summed E-state index contributed by atoms with van der Waals surface area (Å²) in [6.07, 6.45) is 8.16. The van der Waals surface area contributed by atoms with Crippen molar-refractivity contribution in [3.63, 3.8) is 0 Å². The third-order valence-corrected chi connectivity index (χ3v) is 4.19. The van der Waals surface area contributed by atoms with Crippen LogP contribution in [0.2, 0.25) is 0 Å². The molecule has 10 heteroatoms. The average molecular weight is 381 g/mol. The van der Waals surface area contributed by atoms with Crippen LogP contribution in [0.4, 0.5) is 4.79 Å². The predicted molar refractivity (Wildman–Crippen MR) is 94.7 cm³/mol. The van der Waals surface area contributed by atoms with E-state index in [9.17, 15) is 24.4 Å². The Hall–Kier alpha value is -2.38. The fourth-order valence-electron chi connectivity index (χ4n) is 2.74. The van der Waals surface area contributed by atoms with E-state index in [1.54, 1.807) is 0 Å². The molecular weight excluding hydrogens is 356 g/mol. The standard InChI is InChI=1S/C17H25N4O6/c22-13-18-10-6-2-1-5-9-15-16(24)27-17(25)20(21(15)26)12-8-4-3-7-11-19-14-23/h15H,1-12H2/q-1. The topological polar surface area (TPSA) is 132 Å². The number of nitrogens with zero attached hydrogens (tertiary/aromatic N) is 4. The molecule has 0 radical (unpaired) electrons. The van der Waals surface area contributed by atoms with Crippen LogP contribution in [0.1, 0.15) is 57.8 Å². The van der Waals surface area contributed by atoms with Crippen molar-refractivity contribution in [1.82, 2.24) is 10.2 Å². The van der Waals surface area contributed by atoms with Gasteiger partial charge in [0, 0.05) is 6.54 Å². The monoisotopic (exact) mass is 381 g/mol. The summed E-state index contributed by atoms with van der Waals surface area (Å²) >= 11 is 0. The number of ether oxygens (including phenoxy) is 1. The fraction of sp³-hybridized carbons (Fsp3) is 0.765. The van der Waals surface area contributed by atoms with E-state index in [0.29, 0.717) is 37.5 Å². The Morgan fingerprint density at radius 1 is 0.889 bits per heavy atom. The highest BCUT2D eigenvalue weighted by Gasteiger charge is 2.35. The van der Waals surface area contributed by atoms with Crippen LogP contribution < -0.4 is 0 Å². The summed E-state index contributed by atoms with van der Waals surface area (Å²) in [6, 6.07) is -1.02. The van der Waals surface area contributed by atoms with Gasteiger partial charge in [0.25, 0.3) is 0 Å². The van der Waals surface area contributed by atoms with Crippen LogP contribution in [0.25, 0.3) is 0 Å². The zero-order chi connectivity index (χ0) is 19.9. The van der Waals surface area contributed by atoms with Crippen molar-refractivity contribution < 1.29 is 23.9 Å². The summed E-state index contributed by atoms with van der Waals surface area (Å²) in [6.45, 7) is 1.01. The second-order valence-electron chi connectivity index (χ2n) is 6.19. The molecule has 27 heavy (non-hydrogen) atoms. The Balaban J connectivity index is 2.33. The molecule has 1 amide bonds. The zero-order valence-corrected chi connectivity index (χ0v) is 15.3. The lowest BCUT2D eigenvalue weighted by molar-refractivity contribution is -0.161. The molecule has 0 spiro atoms. The molecule has 150 valence electrons. The summed E-state index contributed by atoms with van der Waals surface area (Å²) in [7, 11) is 0. The van der Waals surface area contributed by atoms with Crippen molar-refractivity contribution in [3.05, 3.63) is 5.21 Å². The van der Waals surface area contributed by atoms with E-state index in [1.807, 2.05) is 0 Å².